The molecule has 102 valence electrons. The van der Waals surface area contributed by atoms with Crippen LogP contribution in [0.1, 0.15) is 46.0 Å². The number of carbonyl (C=O) groups is 1. The van der Waals surface area contributed by atoms with Crippen LogP contribution in [0.15, 0.2) is 5.16 Å². The molecule has 1 unspecified atom stereocenters. The van der Waals surface area contributed by atoms with Gasteiger partial charge < -0.3 is 15.8 Å². The number of oxime groups is 1. The van der Waals surface area contributed by atoms with Crippen LogP contribution in [0.5, 0.6) is 0 Å². The van der Waals surface area contributed by atoms with E-state index in [4.69, 9.17) is 10.9 Å². The van der Waals surface area contributed by atoms with E-state index in [9.17, 15) is 4.79 Å². The van der Waals surface area contributed by atoms with Crippen molar-refractivity contribution in [3.63, 3.8) is 0 Å². The standard InChI is InChI=1S/C13H23N3O2/c1-3-13(2,11(14)15-18)12(17)16(10-6-7-10)8-9-4-5-9/h9-10,18H,3-8H2,1-2H3,(H2,14,15). The second-order valence-electron chi connectivity index (χ2n) is 5.80. The number of nitrogens with two attached hydrogens (primary N) is 1. The van der Waals surface area contributed by atoms with E-state index in [0.717, 1.165) is 19.4 Å². The summed E-state index contributed by atoms with van der Waals surface area (Å²) >= 11 is 0. The first kappa shape index (κ1) is 13.2. The highest BCUT2D eigenvalue weighted by Crippen LogP contribution is 2.38. The van der Waals surface area contributed by atoms with E-state index in [0.29, 0.717) is 18.4 Å². The van der Waals surface area contributed by atoms with E-state index in [2.05, 4.69) is 5.16 Å². The number of nitrogens with zero attached hydrogens (tertiary/aromatic N) is 2. The summed E-state index contributed by atoms with van der Waals surface area (Å²) in [5.74, 6) is 0.717. The molecule has 2 aliphatic carbocycles. The summed E-state index contributed by atoms with van der Waals surface area (Å²) in [5, 5.41) is 11.9. The lowest BCUT2D eigenvalue weighted by Gasteiger charge is -2.33. The predicted octanol–water partition coefficient (Wildman–Crippen LogP) is 1.55. The van der Waals surface area contributed by atoms with Crippen LogP contribution in [0.25, 0.3) is 0 Å². The summed E-state index contributed by atoms with van der Waals surface area (Å²) < 4.78 is 0. The number of rotatable bonds is 6. The van der Waals surface area contributed by atoms with Gasteiger partial charge in [-0.05, 0) is 44.9 Å². The van der Waals surface area contributed by atoms with E-state index in [1.54, 1.807) is 6.92 Å². The Labute approximate surface area is 108 Å². The maximum Gasteiger partial charge on any atom is 0.236 e. The highest BCUT2D eigenvalue weighted by Gasteiger charge is 2.45. The van der Waals surface area contributed by atoms with Crippen LogP contribution in [0.2, 0.25) is 0 Å². The number of hydrogen-bond donors (Lipinski definition) is 2. The zero-order chi connectivity index (χ0) is 13.3. The Morgan fingerprint density at radius 3 is 2.44 bits per heavy atom. The van der Waals surface area contributed by atoms with Gasteiger partial charge in [0.05, 0.1) is 0 Å². The van der Waals surface area contributed by atoms with Crippen molar-refractivity contribution in [2.75, 3.05) is 6.54 Å². The summed E-state index contributed by atoms with van der Waals surface area (Å²) in [6.07, 6.45) is 5.18. The molecule has 0 saturated heterocycles. The average molecular weight is 253 g/mol. The zero-order valence-corrected chi connectivity index (χ0v) is 11.2. The van der Waals surface area contributed by atoms with E-state index < -0.39 is 5.41 Å². The van der Waals surface area contributed by atoms with Gasteiger partial charge >= 0.3 is 0 Å². The third-order valence-corrected chi connectivity index (χ3v) is 4.25. The molecule has 0 bridgehead atoms. The Morgan fingerprint density at radius 1 is 1.44 bits per heavy atom. The number of amides is 1. The smallest absolute Gasteiger partial charge is 0.236 e. The molecular formula is C13H23N3O2. The van der Waals surface area contributed by atoms with Gasteiger partial charge in [0, 0.05) is 12.6 Å². The first-order valence-corrected chi connectivity index (χ1v) is 6.82. The minimum atomic E-state index is -0.869. The Balaban J connectivity index is 2.14. The molecule has 2 saturated carbocycles. The lowest BCUT2D eigenvalue weighted by Crippen LogP contribution is -2.50. The largest absolute Gasteiger partial charge is 0.409 e. The van der Waals surface area contributed by atoms with Crippen molar-refractivity contribution in [3.05, 3.63) is 0 Å². The second-order valence-corrected chi connectivity index (χ2v) is 5.80. The van der Waals surface area contributed by atoms with Gasteiger partial charge in [-0.3, -0.25) is 4.79 Å². The second kappa shape index (κ2) is 4.78. The van der Waals surface area contributed by atoms with Gasteiger partial charge in [-0.1, -0.05) is 12.1 Å². The summed E-state index contributed by atoms with van der Waals surface area (Å²) in [6.45, 7) is 4.52. The van der Waals surface area contributed by atoms with Crippen LogP contribution in [-0.4, -0.2) is 34.4 Å². The molecule has 2 fully saturated rings. The molecule has 0 aromatic carbocycles. The molecule has 18 heavy (non-hydrogen) atoms. The number of carbonyl (C=O) groups excluding carboxylic acids is 1. The van der Waals surface area contributed by atoms with Crippen molar-refractivity contribution < 1.29 is 10.0 Å². The lowest BCUT2D eigenvalue weighted by molar-refractivity contribution is -0.138. The fraction of sp³-hybridized carbons (Fsp3) is 0.846. The molecule has 3 N–H and O–H groups in total. The van der Waals surface area contributed by atoms with Crippen LogP contribution >= 0.6 is 0 Å². The van der Waals surface area contributed by atoms with Gasteiger partial charge in [-0.15, -0.1) is 0 Å². The van der Waals surface area contributed by atoms with Gasteiger partial charge in [-0.25, -0.2) is 0 Å². The van der Waals surface area contributed by atoms with E-state index >= 15 is 0 Å². The van der Waals surface area contributed by atoms with Crippen LogP contribution < -0.4 is 5.73 Å². The van der Waals surface area contributed by atoms with E-state index in [1.165, 1.54) is 12.8 Å². The van der Waals surface area contributed by atoms with E-state index in [-0.39, 0.29) is 11.7 Å². The lowest BCUT2D eigenvalue weighted by atomic mass is 9.84. The molecule has 5 heteroatoms. The molecule has 0 aromatic rings. The van der Waals surface area contributed by atoms with Crippen molar-refractivity contribution in [2.45, 2.75) is 52.0 Å². The molecule has 2 rings (SSSR count). The third-order valence-electron chi connectivity index (χ3n) is 4.25. The number of hydrogen-bond acceptors (Lipinski definition) is 3. The van der Waals surface area contributed by atoms with Crippen molar-refractivity contribution in [1.82, 2.24) is 4.90 Å². The molecular weight excluding hydrogens is 230 g/mol. The maximum atomic E-state index is 12.7. The molecule has 0 spiro atoms. The van der Waals surface area contributed by atoms with E-state index in [1.807, 2.05) is 11.8 Å². The van der Waals surface area contributed by atoms with Crippen LogP contribution in [0.4, 0.5) is 0 Å². The Morgan fingerprint density at radius 2 is 2.06 bits per heavy atom. The molecule has 0 aromatic heterocycles. The average Bonchev–Trinajstić information content (AvgIpc) is 3.25. The van der Waals surface area contributed by atoms with Crippen molar-refractivity contribution in [1.29, 1.82) is 0 Å². The maximum absolute atomic E-state index is 12.7. The van der Waals surface area contributed by atoms with Crippen molar-refractivity contribution >= 4 is 11.7 Å². The van der Waals surface area contributed by atoms with Crippen molar-refractivity contribution in [2.24, 2.45) is 22.2 Å². The molecule has 0 aliphatic heterocycles. The van der Waals surface area contributed by atoms with Gasteiger partial charge in [0.2, 0.25) is 5.91 Å². The van der Waals surface area contributed by atoms with Crippen LogP contribution in [0.3, 0.4) is 0 Å². The summed E-state index contributed by atoms with van der Waals surface area (Å²) in [4.78, 5) is 14.7. The molecule has 1 amide bonds. The van der Waals surface area contributed by atoms with Crippen LogP contribution in [0, 0.1) is 11.3 Å². The monoisotopic (exact) mass is 253 g/mol. The summed E-state index contributed by atoms with van der Waals surface area (Å²) in [5.41, 5.74) is 4.85. The molecule has 2 aliphatic rings. The first-order valence-electron chi connectivity index (χ1n) is 6.82. The van der Waals surface area contributed by atoms with Gasteiger partial charge in [0.15, 0.2) is 5.84 Å². The minimum absolute atomic E-state index is 0.0229. The molecule has 0 radical (unpaired) electrons. The van der Waals surface area contributed by atoms with Gasteiger partial charge in [0.1, 0.15) is 5.41 Å². The summed E-state index contributed by atoms with van der Waals surface area (Å²) in [7, 11) is 0. The van der Waals surface area contributed by atoms with Crippen LogP contribution in [-0.2, 0) is 4.79 Å². The molecule has 0 heterocycles. The topological polar surface area (TPSA) is 78.9 Å². The third kappa shape index (κ3) is 2.44. The fourth-order valence-corrected chi connectivity index (χ4v) is 2.23. The first-order chi connectivity index (χ1) is 8.52. The van der Waals surface area contributed by atoms with Crippen molar-refractivity contribution in [3.8, 4) is 0 Å². The highest BCUT2D eigenvalue weighted by atomic mass is 16.4. The Hall–Kier alpha value is -1.26. The molecule has 1 atom stereocenters. The Kier molecular flexibility index (Phi) is 3.50. The SMILES string of the molecule is CCC(C)(C(=O)N(CC1CC1)C1CC1)C(N)=NO. The quantitative estimate of drug-likeness (QED) is 0.326. The predicted molar refractivity (Wildman–Crippen MR) is 69.3 cm³/mol. The summed E-state index contributed by atoms with van der Waals surface area (Å²) in [6, 6.07) is 0.385. The van der Waals surface area contributed by atoms with Gasteiger partial charge in [-0.2, -0.15) is 0 Å². The van der Waals surface area contributed by atoms with Gasteiger partial charge in [0.25, 0.3) is 0 Å². The normalized spacial score (nSPS) is 23.6. The molecule has 5 nitrogen and oxygen atoms in total. The number of amidine groups is 1. The Bertz CT molecular complexity index is 361. The minimum Gasteiger partial charge on any atom is -0.409 e. The zero-order valence-electron chi connectivity index (χ0n) is 11.2. The fourth-order valence-electron chi connectivity index (χ4n) is 2.23. The highest BCUT2D eigenvalue weighted by molar-refractivity contribution is 6.06.